The van der Waals surface area contributed by atoms with Gasteiger partial charge in [0.25, 0.3) is 0 Å². The smallest absolute Gasteiger partial charge is 0.143 e. The lowest BCUT2D eigenvalue weighted by atomic mass is 10.2. The minimum Gasteiger partial charge on any atom is -0.366 e. The molecule has 1 aliphatic rings. The van der Waals surface area contributed by atoms with E-state index in [9.17, 15) is 4.79 Å². The van der Waals surface area contributed by atoms with E-state index in [1.54, 1.807) is 6.92 Å². The zero-order valence-electron chi connectivity index (χ0n) is 10.7. The van der Waals surface area contributed by atoms with Crippen LogP contribution < -0.4 is 0 Å². The second-order valence-corrected chi connectivity index (χ2v) is 4.99. The first-order valence-electron chi connectivity index (χ1n) is 6.10. The fraction of sp³-hybridized carbons (Fsp3) is 0.917. The monoisotopic (exact) mass is 228 g/mol. The van der Waals surface area contributed by atoms with Crippen molar-refractivity contribution >= 4 is 5.78 Å². The number of nitrogens with zero attached hydrogens (tertiary/aromatic N) is 2. The number of ketones is 1. The number of hydrogen-bond acceptors (Lipinski definition) is 4. The maximum Gasteiger partial charge on any atom is 0.143 e. The van der Waals surface area contributed by atoms with E-state index >= 15 is 0 Å². The van der Waals surface area contributed by atoms with Crippen molar-refractivity contribution in [3.63, 3.8) is 0 Å². The highest BCUT2D eigenvalue weighted by molar-refractivity contribution is 5.77. The molecule has 4 nitrogen and oxygen atoms in total. The van der Waals surface area contributed by atoms with Crippen molar-refractivity contribution in [3.05, 3.63) is 0 Å². The molecule has 4 heteroatoms. The molecule has 0 aromatic rings. The van der Waals surface area contributed by atoms with Crippen molar-refractivity contribution < 1.29 is 9.53 Å². The predicted octanol–water partition coefficient (Wildman–Crippen LogP) is 0.823. The third-order valence-corrected chi connectivity index (χ3v) is 2.64. The highest BCUT2D eigenvalue weighted by Crippen LogP contribution is 2.02. The number of piperazine rings is 1. The van der Waals surface area contributed by atoms with Gasteiger partial charge in [0.1, 0.15) is 5.78 Å². The summed E-state index contributed by atoms with van der Waals surface area (Å²) < 4.78 is 5.59. The summed E-state index contributed by atoms with van der Waals surface area (Å²) in [4.78, 5) is 15.5. The average molecular weight is 228 g/mol. The largest absolute Gasteiger partial charge is 0.366 e. The van der Waals surface area contributed by atoms with Gasteiger partial charge in [0.05, 0.1) is 19.9 Å². The summed E-state index contributed by atoms with van der Waals surface area (Å²) in [6.45, 7) is 12.1. The number of carbonyl (C=O) groups is 1. The van der Waals surface area contributed by atoms with Crippen LogP contribution in [0, 0.1) is 5.92 Å². The third-order valence-electron chi connectivity index (χ3n) is 2.64. The average Bonchev–Trinajstić information content (AvgIpc) is 2.19. The first kappa shape index (κ1) is 13.6. The van der Waals surface area contributed by atoms with E-state index in [-0.39, 0.29) is 5.78 Å². The zero-order valence-corrected chi connectivity index (χ0v) is 10.7. The second kappa shape index (κ2) is 6.99. The van der Waals surface area contributed by atoms with E-state index in [4.69, 9.17) is 4.74 Å². The SMILES string of the molecule is CC(=O)CN1CCN(COCC(C)C)CC1. The lowest BCUT2D eigenvalue weighted by Crippen LogP contribution is -2.48. The molecule has 0 aromatic heterocycles. The van der Waals surface area contributed by atoms with Crippen molar-refractivity contribution in [2.24, 2.45) is 5.92 Å². The predicted molar refractivity (Wildman–Crippen MR) is 64.4 cm³/mol. The van der Waals surface area contributed by atoms with E-state index in [2.05, 4.69) is 23.6 Å². The standard InChI is InChI=1S/C12H24N2O2/c1-11(2)9-16-10-14-6-4-13(5-7-14)8-12(3)15/h11H,4-10H2,1-3H3. The molecule has 0 atom stereocenters. The lowest BCUT2D eigenvalue weighted by molar-refractivity contribution is -0.118. The van der Waals surface area contributed by atoms with Crippen LogP contribution in [0.1, 0.15) is 20.8 Å². The molecule has 94 valence electrons. The van der Waals surface area contributed by atoms with Crippen LogP contribution in [0.5, 0.6) is 0 Å². The molecule has 0 amide bonds. The summed E-state index contributed by atoms with van der Waals surface area (Å²) >= 11 is 0. The van der Waals surface area contributed by atoms with Gasteiger partial charge in [-0.05, 0) is 12.8 Å². The Morgan fingerprint density at radius 2 is 1.75 bits per heavy atom. The molecule has 0 radical (unpaired) electrons. The molecule has 0 N–H and O–H groups in total. The Kier molecular flexibility index (Phi) is 5.95. The molecule has 16 heavy (non-hydrogen) atoms. The molecule has 1 rings (SSSR count). The molecule has 0 saturated carbocycles. The van der Waals surface area contributed by atoms with E-state index in [0.29, 0.717) is 12.5 Å². The topological polar surface area (TPSA) is 32.8 Å². The summed E-state index contributed by atoms with van der Waals surface area (Å²) in [5, 5.41) is 0. The van der Waals surface area contributed by atoms with Crippen molar-refractivity contribution in [1.82, 2.24) is 9.80 Å². The zero-order chi connectivity index (χ0) is 12.0. The Labute approximate surface area is 98.5 Å². The minimum atomic E-state index is 0.254. The van der Waals surface area contributed by atoms with Gasteiger partial charge in [0, 0.05) is 26.2 Å². The van der Waals surface area contributed by atoms with Crippen LogP contribution in [0.3, 0.4) is 0 Å². The Balaban J connectivity index is 2.10. The summed E-state index contributed by atoms with van der Waals surface area (Å²) in [6.07, 6.45) is 0. The van der Waals surface area contributed by atoms with E-state index in [0.717, 1.165) is 39.5 Å². The Morgan fingerprint density at radius 3 is 2.25 bits per heavy atom. The fourth-order valence-electron chi connectivity index (χ4n) is 1.81. The molecule has 1 aliphatic heterocycles. The summed E-state index contributed by atoms with van der Waals surface area (Å²) in [7, 11) is 0. The van der Waals surface area contributed by atoms with Gasteiger partial charge in [0.15, 0.2) is 0 Å². The Bertz CT molecular complexity index is 211. The highest BCUT2D eigenvalue weighted by Gasteiger charge is 2.17. The van der Waals surface area contributed by atoms with Crippen molar-refractivity contribution in [2.45, 2.75) is 20.8 Å². The van der Waals surface area contributed by atoms with Crippen LogP contribution >= 0.6 is 0 Å². The van der Waals surface area contributed by atoms with Crippen LogP contribution in [0.2, 0.25) is 0 Å². The molecule has 0 aliphatic carbocycles. The van der Waals surface area contributed by atoms with Gasteiger partial charge in [-0.3, -0.25) is 14.6 Å². The lowest BCUT2D eigenvalue weighted by Gasteiger charge is -2.33. The molecule has 1 saturated heterocycles. The Hall–Kier alpha value is -0.450. The molecule has 1 fully saturated rings. The Morgan fingerprint density at radius 1 is 1.19 bits per heavy atom. The van der Waals surface area contributed by atoms with Crippen LogP contribution in [0.4, 0.5) is 0 Å². The first-order valence-corrected chi connectivity index (χ1v) is 6.10. The van der Waals surface area contributed by atoms with Gasteiger partial charge in [-0.15, -0.1) is 0 Å². The van der Waals surface area contributed by atoms with E-state index in [1.807, 2.05) is 0 Å². The summed E-state index contributed by atoms with van der Waals surface area (Å²) in [5.41, 5.74) is 0. The number of rotatable bonds is 6. The van der Waals surface area contributed by atoms with Gasteiger partial charge < -0.3 is 4.74 Å². The number of ether oxygens (including phenoxy) is 1. The maximum atomic E-state index is 11.0. The highest BCUT2D eigenvalue weighted by atomic mass is 16.5. The van der Waals surface area contributed by atoms with Gasteiger partial charge in [-0.1, -0.05) is 13.8 Å². The van der Waals surface area contributed by atoms with Crippen molar-refractivity contribution in [1.29, 1.82) is 0 Å². The van der Waals surface area contributed by atoms with Gasteiger partial charge in [-0.2, -0.15) is 0 Å². The van der Waals surface area contributed by atoms with Gasteiger partial charge >= 0.3 is 0 Å². The quantitative estimate of drug-likeness (QED) is 0.674. The van der Waals surface area contributed by atoms with E-state index < -0.39 is 0 Å². The maximum absolute atomic E-state index is 11.0. The molecule has 0 unspecified atom stereocenters. The normalized spacial score (nSPS) is 19.2. The number of hydrogen-bond donors (Lipinski definition) is 0. The summed E-state index contributed by atoms with van der Waals surface area (Å²) in [6, 6.07) is 0. The van der Waals surface area contributed by atoms with Crippen LogP contribution in [-0.2, 0) is 9.53 Å². The van der Waals surface area contributed by atoms with Crippen LogP contribution in [0.25, 0.3) is 0 Å². The minimum absolute atomic E-state index is 0.254. The molecule has 0 aromatic carbocycles. The van der Waals surface area contributed by atoms with E-state index in [1.165, 1.54) is 0 Å². The number of Topliss-reactive ketones (excluding diaryl/α,β-unsaturated/α-hetero) is 1. The fourth-order valence-corrected chi connectivity index (χ4v) is 1.81. The third kappa shape index (κ3) is 5.58. The first-order chi connectivity index (χ1) is 7.58. The van der Waals surface area contributed by atoms with Gasteiger partial charge in [-0.25, -0.2) is 0 Å². The molecular formula is C12H24N2O2. The second-order valence-electron chi connectivity index (χ2n) is 4.99. The van der Waals surface area contributed by atoms with Crippen molar-refractivity contribution in [3.8, 4) is 0 Å². The van der Waals surface area contributed by atoms with Gasteiger partial charge in [0.2, 0.25) is 0 Å². The molecular weight excluding hydrogens is 204 g/mol. The summed E-state index contributed by atoms with van der Waals surface area (Å²) in [5.74, 6) is 0.850. The van der Waals surface area contributed by atoms with Crippen LogP contribution in [0.15, 0.2) is 0 Å². The molecule has 0 bridgehead atoms. The molecule has 1 heterocycles. The molecule has 0 spiro atoms. The van der Waals surface area contributed by atoms with Crippen molar-refractivity contribution in [2.75, 3.05) is 46.1 Å². The van der Waals surface area contributed by atoms with Crippen LogP contribution in [-0.4, -0.2) is 61.6 Å². The number of carbonyl (C=O) groups excluding carboxylic acids is 1.